The molecule has 1 unspecified atom stereocenters. The van der Waals surface area contributed by atoms with Crippen LogP contribution in [0.1, 0.15) is 24.9 Å². The Hall–Kier alpha value is -1.55. The van der Waals surface area contributed by atoms with Crippen molar-refractivity contribution in [3.05, 3.63) is 29.8 Å². The first-order valence-electron chi connectivity index (χ1n) is 5.94. The average molecular weight is 234 g/mol. The van der Waals surface area contributed by atoms with E-state index in [0.717, 1.165) is 18.7 Å². The summed E-state index contributed by atoms with van der Waals surface area (Å²) in [5.41, 5.74) is 2.08. The normalized spacial score (nSPS) is 17.8. The second kappa shape index (κ2) is 5.19. The van der Waals surface area contributed by atoms with E-state index in [2.05, 4.69) is 18.3 Å². The quantitative estimate of drug-likeness (QED) is 0.872. The van der Waals surface area contributed by atoms with E-state index in [4.69, 9.17) is 4.74 Å². The van der Waals surface area contributed by atoms with E-state index >= 15 is 0 Å². The minimum absolute atomic E-state index is 0.245. The van der Waals surface area contributed by atoms with Gasteiger partial charge in [-0.3, -0.25) is 4.90 Å². The van der Waals surface area contributed by atoms with Gasteiger partial charge in [-0.2, -0.15) is 0 Å². The van der Waals surface area contributed by atoms with Crippen LogP contribution in [0.25, 0.3) is 0 Å². The first-order valence-corrected chi connectivity index (χ1v) is 5.94. The van der Waals surface area contributed by atoms with E-state index in [-0.39, 0.29) is 12.1 Å². The van der Waals surface area contributed by atoms with Gasteiger partial charge in [0.2, 0.25) is 0 Å². The molecular weight excluding hydrogens is 216 g/mol. The van der Waals surface area contributed by atoms with Crippen molar-refractivity contribution in [2.24, 2.45) is 0 Å². The molecule has 1 aliphatic heterocycles. The minimum atomic E-state index is -0.245. The van der Waals surface area contributed by atoms with E-state index in [1.165, 1.54) is 5.56 Å². The van der Waals surface area contributed by atoms with E-state index in [9.17, 15) is 4.79 Å². The smallest absolute Gasteiger partial charge is 0.414 e. The van der Waals surface area contributed by atoms with Gasteiger partial charge < -0.3 is 10.1 Å². The van der Waals surface area contributed by atoms with Gasteiger partial charge in [0.25, 0.3) is 0 Å². The van der Waals surface area contributed by atoms with Gasteiger partial charge in [0, 0.05) is 18.3 Å². The minimum Gasteiger partial charge on any atom is -0.449 e. The Morgan fingerprint density at radius 1 is 1.47 bits per heavy atom. The highest BCUT2D eigenvalue weighted by atomic mass is 16.6. The average Bonchev–Trinajstić information content (AvgIpc) is 2.38. The number of cyclic esters (lactones) is 1. The number of nitrogens with zero attached hydrogens (tertiary/aromatic N) is 1. The number of amides is 1. The number of rotatable bonds is 3. The number of hydrogen-bond acceptors (Lipinski definition) is 3. The number of nitrogens with one attached hydrogen (secondary N) is 1. The summed E-state index contributed by atoms with van der Waals surface area (Å²) in [6.07, 6.45) is 0.642. The lowest BCUT2D eigenvalue weighted by atomic mass is 10.1. The van der Waals surface area contributed by atoms with Crippen molar-refractivity contribution in [2.45, 2.75) is 19.4 Å². The number of carbonyl (C=O) groups excluding carboxylic acids is 1. The number of ether oxygens (including phenoxy) is 1. The zero-order chi connectivity index (χ0) is 12.3. The van der Waals surface area contributed by atoms with Crippen molar-refractivity contribution >= 4 is 11.8 Å². The maximum absolute atomic E-state index is 11.6. The van der Waals surface area contributed by atoms with E-state index in [1.54, 1.807) is 4.90 Å². The maximum Gasteiger partial charge on any atom is 0.414 e. The highest BCUT2D eigenvalue weighted by Crippen LogP contribution is 2.22. The Morgan fingerprint density at radius 3 is 3.00 bits per heavy atom. The molecule has 92 valence electrons. The molecule has 0 aliphatic carbocycles. The fourth-order valence-corrected chi connectivity index (χ4v) is 1.91. The summed E-state index contributed by atoms with van der Waals surface area (Å²) in [6.45, 7) is 3.35. The standard InChI is InChI=1S/C13H18N2O2/c1-10(14-2)11-5-3-6-12(9-11)15-7-4-8-17-13(15)16/h3,5-6,9-10,14H,4,7-8H2,1-2H3. The molecule has 1 aromatic rings. The molecule has 17 heavy (non-hydrogen) atoms. The van der Waals surface area contributed by atoms with Crippen LogP contribution in [0.5, 0.6) is 0 Å². The Bertz CT molecular complexity index is 406. The third kappa shape index (κ3) is 2.58. The van der Waals surface area contributed by atoms with Crippen LogP contribution in [0, 0.1) is 0 Å². The molecule has 0 radical (unpaired) electrons. The van der Waals surface area contributed by atoms with Crippen LogP contribution in [0.4, 0.5) is 10.5 Å². The number of anilines is 1. The van der Waals surface area contributed by atoms with Crippen molar-refractivity contribution in [3.63, 3.8) is 0 Å². The van der Waals surface area contributed by atoms with Crippen LogP contribution in [0.3, 0.4) is 0 Å². The monoisotopic (exact) mass is 234 g/mol. The molecule has 1 heterocycles. The van der Waals surface area contributed by atoms with Crippen molar-refractivity contribution in [2.75, 3.05) is 25.1 Å². The summed E-state index contributed by atoms with van der Waals surface area (Å²) in [4.78, 5) is 13.3. The second-order valence-corrected chi connectivity index (χ2v) is 4.22. The molecule has 1 N–H and O–H groups in total. The molecule has 0 aromatic heterocycles. The predicted molar refractivity (Wildman–Crippen MR) is 67.2 cm³/mol. The molecule has 1 aliphatic rings. The first-order chi connectivity index (χ1) is 8.22. The van der Waals surface area contributed by atoms with Gasteiger partial charge in [0.05, 0.1) is 6.61 Å². The SMILES string of the molecule is CNC(C)c1cccc(N2CCCOC2=O)c1. The lowest BCUT2D eigenvalue weighted by molar-refractivity contribution is 0.140. The molecule has 1 fully saturated rings. The number of hydrogen-bond donors (Lipinski definition) is 1. The summed E-state index contributed by atoms with van der Waals surface area (Å²) in [5, 5.41) is 3.19. The zero-order valence-corrected chi connectivity index (χ0v) is 10.3. The van der Waals surface area contributed by atoms with Gasteiger partial charge in [0.1, 0.15) is 0 Å². The largest absolute Gasteiger partial charge is 0.449 e. The van der Waals surface area contributed by atoms with Crippen LogP contribution in [-0.4, -0.2) is 26.3 Å². The Kier molecular flexibility index (Phi) is 3.64. The highest BCUT2D eigenvalue weighted by Gasteiger charge is 2.21. The molecule has 4 nitrogen and oxygen atoms in total. The van der Waals surface area contributed by atoms with Gasteiger partial charge in [-0.1, -0.05) is 12.1 Å². The van der Waals surface area contributed by atoms with E-state index in [1.807, 2.05) is 25.2 Å². The summed E-state index contributed by atoms with van der Waals surface area (Å²) in [7, 11) is 1.92. The van der Waals surface area contributed by atoms with Crippen molar-refractivity contribution in [1.29, 1.82) is 0 Å². The summed E-state index contributed by atoms with van der Waals surface area (Å²) in [6, 6.07) is 8.28. The van der Waals surface area contributed by atoms with E-state index < -0.39 is 0 Å². The fourth-order valence-electron chi connectivity index (χ4n) is 1.91. The van der Waals surface area contributed by atoms with Gasteiger partial charge in [-0.15, -0.1) is 0 Å². The second-order valence-electron chi connectivity index (χ2n) is 4.22. The first kappa shape index (κ1) is 11.9. The zero-order valence-electron chi connectivity index (χ0n) is 10.3. The summed E-state index contributed by atoms with van der Waals surface area (Å²) in [5.74, 6) is 0. The molecule has 0 saturated carbocycles. The van der Waals surface area contributed by atoms with Crippen LogP contribution >= 0.6 is 0 Å². The summed E-state index contributed by atoms with van der Waals surface area (Å²) < 4.78 is 5.04. The molecule has 2 rings (SSSR count). The van der Waals surface area contributed by atoms with E-state index in [0.29, 0.717) is 6.61 Å². The van der Waals surface area contributed by atoms with Crippen LogP contribution in [-0.2, 0) is 4.74 Å². The van der Waals surface area contributed by atoms with Crippen molar-refractivity contribution in [1.82, 2.24) is 5.32 Å². The molecule has 1 atom stereocenters. The van der Waals surface area contributed by atoms with Gasteiger partial charge in [-0.25, -0.2) is 4.79 Å². The van der Waals surface area contributed by atoms with Crippen molar-refractivity contribution < 1.29 is 9.53 Å². The lowest BCUT2D eigenvalue weighted by Crippen LogP contribution is -2.37. The number of benzene rings is 1. The molecular formula is C13H18N2O2. The van der Waals surface area contributed by atoms with Crippen LogP contribution in [0.15, 0.2) is 24.3 Å². The maximum atomic E-state index is 11.6. The molecule has 1 amide bonds. The number of carbonyl (C=O) groups is 1. The molecule has 0 spiro atoms. The van der Waals surface area contributed by atoms with Gasteiger partial charge >= 0.3 is 6.09 Å². The molecule has 1 saturated heterocycles. The Labute approximate surface area is 102 Å². The van der Waals surface area contributed by atoms with Crippen LogP contribution < -0.4 is 10.2 Å². The molecule has 4 heteroatoms. The fraction of sp³-hybridized carbons (Fsp3) is 0.462. The van der Waals surface area contributed by atoms with Gasteiger partial charge in [-0.05, 0) is 38.1 Å². The van der Waals surface area contributed by atoms with Crippen LogP contribution in [0.2, 0.25) is 0 Å². The Morgan fingerprint density at radius 2 is 2.29 bits per heavy atom. The van der Waals surface area contributed by atoms with Gasteiger partial charge in [0.15, 0.2) is 0 Å². The summed E-state index contributed by atoms with van der Waals surface area (Å²) >= 11 is 0. The Balaban J connectivity index is 2.23. The molecule has 1 aromatic carbocycles. The predicted octanol–water partition coefficient (Wildman–Crippen LogP) is 2.31. The third-order valence-electron chi connectivity index (χ3n) is 3.09. The third-order valence-corrected chi connectivity index (χ3v) is 3.09. The lowest BCUT2D eigenvalue weighted by Gasteiger charge is -2.27. The molecule has 0 bridgehead atoms. The topological polar surface area (TPSA) is 41.6 Å². The highest BCUT2D eigenvalue weighted by molar-refractivity contribution is 5.88. The van der Waals surface area contributed by atoms with Crippen molar-refractivity contribution in [3.8, 4) is 0 Å².